The minimum Gasteiger partial charge on any atom is -0.493 e. The molecule has 2 rings (SSSR count). The van der Waals surface area contributed by atoms with Gasteiger partial charge in [0.1, 0.15) is 11.6 Å². The smallest absolute Gasteiger partial charge is 0.310 e. The van der Waals surface area contributed by atoms with Crippen LogP contribution in [0.15, 0.2) is 48.5 Å². The molecule has 2 aromatic rings. The highest BCUT2D eigenvalue weighted by molar-refractivity contribution is 5.95. The van der Waals surface area contributed by atoms with Crippen molar-refractivity contribution in [2.45, 2.75) is 26.4 Å². The van der Waals surface area contributed by atoms with Crippen molar-refractivity contribution >= 4 is 17.6 Å². The van der Waals surface area contributed by atoms with Crippen LogP contribution in [0.3, 0.4) is 0 Å². The number of carbonyl (C=O) groups excluding carboxylic acids is 2. The number of anilines is 1. The molecule has 6 heteroatoms. The molecular weight excluding hydrogens is 325 g/mol. The number of benzene rings is 2. The molecule has 0 radical (unpaired) electrons. The van der Waals surface area contributed by atoms with Crippen molar-refractivity contribution in [1.82, 2.24) is 0 Å². The molecule has 0 aliphatic heterocycles. The molecule has 0 spiro atoms. The number of aryl methyl sites for hydroxylation is 1. The van der Waals surface area contributed by atoms with Crippen molar-refractivity contribution in [3.63, 3.8) is 0 Å². The van der Waals surface area contributed by atoms with Crippen molar-refractivity contribution in [3.8, 4) is 5.75 Å². The SMILES string of the molecule is Cc1ccc(NC(=O)[C@@H](C)OC(=O)CCOc2ccccc2)cc1F. The molecule has 0 heterocycles. The highest BCUT2D eigenvalue weighted by atomic mass is 19.1. The van der Waals surface area contributed by atoms with E-state index in [9.17, 15) is 14.0 Å². The maximum absolute atomic E-state index is 13.5. The van der Waals surface area contributed by atoms with Crippen LogP contribution in [0.5, 0.6) is 5.75 Å². The van der Waals surface area contributed by atoms with Crippen molar-refractivity contribution in [3.05, 3.63) is 59.9 Å². The molecule has 5 nitrogen and oxygen atoms in total. The monoisotopic (exact) mass is 345 g/mol. The van der Waals surface area contributed by atoms with E-state index in [1.165, 1.54) is 13.0 Å². The predicted octanol–water partition coefficient (Wildman–Crippen LogP) is 3.47. The lowest BCUT2D eigenvalue weighted by Gasteiger charge is -2.14. The first-order valence-electron chi connectivity index (χ1n) is 7.90. The normalized spacial score (nSPS) is 11.5. The Balaban J connectivity index is 1.75. The zero-order chi connectivity index (χ0) is 18.2. The summed E-state index contributed by atoms with van der Waals surface area (Å²) in [4.78, 5) is 23.8. The van der Waals surface area contributed by atoms with Gasteiger partial charge in [-0.3, -0.25) is 9.59 Å². The van der Waals surface area contributed by atoms with Crippen LogP contribution >= 0.6 is 0 Å². The van der Waals surface area contributed by atoms with Crippen LogP contribution in [0, 0.1) is 12.7 Å². The molecule has 0 saturated carbocycles. The number of hydrogen-bond acceptors (Lipinski definition) is 4. The number of halogens is 1. The van der Waals surface area contributed by atoms with Gasteiger partial charge in [-0.1, -0.05) is 24.3 Å². The molecule has 0 fully saturated rings. The predicted molar refractivity (Wildman–Crippen MR) is 91.9 cm³/mol. The highest BCUT2D eigenvalue weighted by Crippen LogP contribution is 2.14. The van der Waals surface area contributed by atoms with E-state index < -0.39 is 23.8 Å². The summed E-state index contributed by atoms with van der Waals surface area (Å²) in [6.45, 7) is 3.24. The number of nitrogens with one attached hydrogen (secondary N) is 1. The van der Waals surface area contributed by atoms with Crippen molar-refractivity contribution < 1.29 is 23.5 Å². The summed E-state index contributed by atoms with van der Waals surface area (Å²) in [6, 6.07) is 13.4. The van der Waals surface area contributed by atoms with E-state index in [2.05, 4.69) is 5.32 Å². The first-order chi connectivity index (χ1) is 12.0. The number of amides is 1. The Kier molecular flexibility index (Phi) is 6.51. The summed E-state index contributed by atoms with van der Waals surface area (Å²) in [5.74, 6) is -0.836. The molecule has 0 aromatic heterocycles. The largest absolute Gasteiger partial charge is 0.493 e. The molecule has 2 aromatic carbocycles. The second-order valence-electron chi connectivity index (χ2n) is 5.50. The fourth-order valence-corrected chi connectivity index (χ4v) is 1.99. The van der Waals surface area contributed by atoms with Crippen LogP contribution in [0.25, 0.3) is 0 Å². The molecule has 0 bridgehead atoms. The van der Waals surface area contributed by atoms with Crippen molar-refractivity contribution in [2.75, 3.05) is 11.9 Å². The van der Waals surface area contributed by atoms with E-state index in [0.717, 1.165) is 0 Å². The first-order valence-corrected chi connectivity index (χ1v) is 7.90. The maximum atomic E-state index is 13.5. The zero-order valence-electron chi connectivity index (χ0n) is 14.1. The van der Waals surface area contributed by atoms with Gasteiger partial charge in [-0.2, -0.15) is 0 Å². The van der Waals surface area contributed by atoms with E-state index in [0.29, 0.717) is 17.0 Å². The Morgan fingerprint density at radius 2 is 1.88 bits per heavy atom. The Morgan fingerprint density at radius 3 is 2.56 bits per heavy atom. The summed E-state index contributed by atoms with van der Waals surface area (Å²) in [5.41, 5.74) is 0.791. The second kappa shape index (κ2) is 8.82. The van der Waals surface area contributed by atoms with Gasteiger partial charge in [0.25, 0.3) is 5.91 Å². The number of hydrogen-bond donors (Lipinski definition) is 1. The standard InChI is InChI=1S/C19H20FNO4/c1-13-8-9-15(12-17(13)20)21-19(23)14(2)25-18(22)10-11-24-16-6-4-3-5-7-16/h3-9,12,14H,10-11H2,1-2H3,(H,21,23)/t14-/m1/s1. The van der Waals surface area contributed by atoms with Gasteiger partial charge in [0.15, 0.2) is 6.10 Å². The average molecular weight is 345 g/mol. The van der Waals surface area contributed by atoms with Gasteiger partial charge in [0.2, 0.25) is 0 Å². The molecule has 1 N–H and O–H groups in total. The van der Waals surface area contributed by atoms with Crippen LogP contribution in [0.4, 0.5) is 10.1 Å². The lowest BCUT2D eigenvalue weighted by molar-refractivity contribution is -0.153. The molecular formula is C19H20FNO4. The Hall–Kier alpha value is -2.89. The van der Waals surface area contributed by atoms with Crippen LogP contribution in [0.1, 0.15) is 18.9 Å². The van der Waals surface area contributed by atoms with Crippen LogP contribution in [-0.2, 0) is 14.3 Å². The first kappa shape index (κ1) is 18.4. The second-order valence-corrected chi connectivity index (χ2v) is 5.50. The lowest BCUT2D eigenvalue weighted by Crippen LogP contribution is -2.30. The van der Waals surface area contributed by atoms with Gasteiger partial charge in [0.05, 0.1) is 13.0 Å². The zero-order valence-corrected chi connectivity index (χ0v) is 14.1. The number of carbonyl (C=O) groups is 2. The average Bonchev–Trinajstić information content (AvgIpc) is 2.59. The van der Waals surface area contributed by atoms with Gasteiger partial charge in [-0.05, 0) is 43.7 Å². The quantitative estimate of drug-likeness (QED) is 0.781. The van der Waals surface area contributed by atoms with Crippen LogP contribution in [-0.4, -0.2) is 24.6 Å². The van der Waals surface area contributed by atoms with E-state index in [1.54, 1.807) is 31.2 Å². The van der Waals surface area contributed by atoms with Crippen molar-refractivity contribution in [2.24, 2.45) is 0 Å². The van der Waals surface area contributed by atoms with E-state index in [1.807, 2.05) is 18.2 Å². The maximum Gasteiger partial charge on any atom is 0.310 e. The molecule has 0 saturated heterocycles. The molecule has 1 atom stereocenters. The highest BCUT2D eigenvalue weighted by Gasteiger charge is 2.18. The molecule has 25 heavy (non-hydrogen) atoms. The summed E-state index contributed by atoms with van der Waals surface area (Å²) in [6.07, 6.45) is -0.973. The molecule has 0 aliphatic carbocycles. The Morgan fingerprint density at radius 1 is 1.16 bits per heavy atom. The number of rotatable bonds is 7. The van der Waals surface area contributed by atoms with Crippen molar-refractivity contribution in [1.29, 1.82) is 0 Å². The van der Waals surface area contributed by atoms with Gasteiger partial charge in [0, 0.05) is 5.69 Å². The topological polar surface area (TPSA) is 64.6 Å². The number of esters is 1. The summed E-state index contributed by atoms with van der Waals surface area (Å²) >= 11 is 0. The summed E-state index contributed by atoms with van der Waals surface area (Å²) in [7, 11) is 0. The minimum atomic E-state index is -0.992. The Bertz CT molecular complexity index is 733. The number of para-hydroxylation sites is 1. The lowest BCUT2D eigenvalue weighted by atomic mass is 10.2. The molecule has 0 unspecified atom stereocenters. The Labute approximate surface area is 145 Å². The van der Waals surface area contributed by atoms with Gasteiger partial charge in [-0.25, -0.2) is 4.39 Å². The van der Waals surface area contributed by atoms with Gasteiger partial charge in [-0.15, -0.1) is 0 Å². The van der Waals surface area contributed by atoms with E-state index in [-0.39, 0.29) is 13.0 Å². The van der Waals surface area contributed by atoms with E-state index >= 15 is 0 Å². The third kappa shape index (κ3) is 5.91. The fourth-order valence-electron chi connectivity index (χ4n) is 1.99. The van der Waals surface area contributed by atoms with Gasteiger partial charge < -0.3 is 14.8 Å². The number of ether oxygens (including phenoxy) is 2. The third-order valence-electron chi connectivity index (χ3n) is 3.43. The summed E-state index contributed by atoms with van der Waals surface area (Å²) in [5, 5.41) is 2.51. The van der Waals surface area contributed by atoms with Crippen LogP contribution in [0.2, 0.25) is 0 Å². The summed E-state index contributed by atoms with van der Waals surface area (Å²) < 4.78 is 23.9. The molecule has 132 valence electrons. The van der Waals surface area contributed by atoms with Gasteiger partial charge >= 0.3 is 5.97 Å². The fraction of sp³-hybridized carbons (Fsp3) is 0.263. The third-order valence-corrected chi connectivity index (χ3v) is 3.43. The van der Waals surface area contributed by atoms with Crippen LogP contribution < -0.4 is 10.1 Å². The molecule has 1 amide bonds. The van der Waals surface area contributed by atoms with E-state index in [4.69, 9.17) is 9.47 Å². The molecule has 0 aliphatic rings. The minimum absolute atomic E-state index is 0.0195.